The number of amidine groups is 1. The van der Waals surface area contributed by atoms with E-state index in [0.717, 1.165) is 19.4 Å². The molecule has 0 aromatic rings. The Balaban J connectivity index is 1.97. The summed E-state index contributed by atoms with van der Waals surface area (Å²) >= 11 is 0. The molecule has 0 bridgehead atoms. The second-order valence-electron chi connectivity index (χ2n) is 7.63. The highest BCUT2D eigenvalue weighted by Crippen LogP contribution is 2.30. The molecule has 5 heteroatoms. The van der Waals surface area contributed by atoms with Gasteiger partial charge in [0.15, 0.2) is 0 Å². The topological polar surface area (TPSA) is 75.8 Å². The molecule has 1 atom stereocenters. The number of Topliss-reactive ketones (excluding diaryl/α,β-unsaturated/α-hetero) is 1. The van der Waals surface area contributed by atoms with Crippen LogP contribution in [0.5, 0.6) is 0 Å². The van der Waals surface area contributed by atoms with Crippen molar-refractivity contribution in [3.8, 4) is 0 Å². The molecule has 1 amide bonds. The van der Waals surface area contributed by atoms with Gasteiger partial charge in [-0.1, -0.05) is 33.6 Å². The SMILES string of the molecule is CC(C)(C)C(=O)CC(N)=NC(=O)C1CCCN1C1CCCC1. The zero-order chi connectivity index (χ0) is 16.3. The lowest BCUT2D eigenvalue weighted by molar-refractivity contribution is -0.125. The van der Waals surface area contributed by atoms with Gasteiger partial charge in [0.05, 0.1) is 12.5 Å². The molecular weight excluding hydrogens is 278 g/mol. The number of nitrogens with two attached hydrogens (primary N) is 1. The normalized spacial score (nSPS) is 24.9. The van der Waals surface area contributed by atoms with Gasteiger partial charge in [0.25, 0.3) is 5.91 Å². The van der Waals surface area contributed by atoms with Gasteiger partial charge in [-0.05, 0) is 32.2 Å². The molecule has 1 unspecified atom stereocenters. The van der Waals surface area contributed by atoms with Crippen LogP contribution in [0, 0.1) is 5.41 Å². The van der Waals surface area contributed by atoms with Crippen LogP contribution in [0.2, 0.25) is 0 Å². The Morgan fingerprint density at radius 3 is 2.36 bits per heavy atom. The van der Waals surface area contributed by atoms with Gasteiger partial charge >= 0.3 is 0 Å². The molecule has 1 heterocycles. The fourth-order valence-electron chi connectivity index (χ4n) is 3.41. The van der Waals surface area contributed by atoms with E-state index in [0.29, 0.717) is 6.04 Å². The zero-order valence-electron chi connectivity index (χ0n) is 14.1. The summed E-state index contributed by atoms with van der Waals surface area (Å²) in [6, 6.07) is 0.399. The third kappa shape index (κ3) is 4.15. The molecule has 1 aliphatic heterocycles. The van der Waals surface area contributed by atoms with Crippen LogP contribution < -0.4 is 5.73 Å². The molecule has 2 aliphatic rings. The maximum atomic E-state index is 12.4. The number of likely N-dealkylation sites (tertiary alicyclic amines) is 1. The molecule has 124 valence electrons. The molecule has 1 aliphatic carbocycles. The summed E-state index contributed by atoms with van der Waals surface area (Å²) in [5.41, 5.74) is 5.38. The number of nitrogens with zero attached hydrogens (tertiary/aromatic N) is 2. The Morgan fingerprint density at radius 1 is 1.14 bits per heavy atom. The van der Waals surface area contributed by atoms with Gasteiger partial charge in [0.2, 0.25) is 0 Å². The lowest BCUT2D eigenvalue weighted by atomic mass is 9.89. The third-order valence-corrected chi connectivity index (χ3v) is 4.80. The Kier molecular flexibility index (Phi) is 5.37. The summed E-state index contributed by atoms with van der Waals surface area (Å²) in [7, 11) is 0. The summed E-state index contributed by atoms with van der Waals surface area (Å²) in [4.78, 5) is 30.7. The molecule has 2 fully saturated rings. The maximum Gasteiger partial charge on any atom is 0.264 e. The minimum Gasteiger partial charge on any atom is -0.387 e. The van der Waals surface area contributed by atoms with Crippen LogP contribution in [-0.4, -0.2) is 41.1 Å². The number of hydrogen-bond donors (Lipinski definition) is 1. The summed E-state index contributed by atoms with van der Waals surface area (Å²) in [6.07, 6.45) is 6.85. The minimum atomic E-state index is -0.452. The smallest absolute Gasteiger partial charge is 0.264 e. The number of carbonyl (C=O) groups excluding carboxylic acids is 2. The number of hydrogen-bond acceptors (Lipinski definition) is 3. The summed E-state index contributed by atoms with van der Waals surface area (Å²) in [5.74, 6) is 0.00688. The standard InChI is InChI=1S/C17H29N3O2/c1-17(2,3)14(21)11-15(18)19-16(22)13-9-6-10-20(13)12-7-4-5-8-12/h12-13H,4-11H2,1-3H3,(H2,18,19,22). The number of carbonyl (C=O) groups is 2. The first-order valence-electron chi connectivity index (χ1n) is 8.45. The van der Waals surface area contributed by atoms with Crippen molar-refractivity contribution in [3.05, 3.63) is 0 Å². The summed E-state index contributed by atoms with van der Waals surface area (Å²) in [5, 5.41) is 0. The number of rotatable bonds is 4. The van der Waals surface area contributed by atoms with Crippen LogP contribution in [0.4, 0.5) is 0 Å². The minimum absolute atomic E-state index is 0.0145. The van der Waals surface area contributed by atoms with Gasteiger partial charge in [-0.25, -0.2) is 0 Å². The number of ketones is 1. The van der Waals surface area contributed by atoms with E-state index in [4.69, 9.17) is 5.73 Å². The quantitative estimate of drug-likeness (QED) is 0.638. The maximum absolute atomic E-state index is 12.4. The van der Waals surface area contributed by atoms with Gasteiger partial charge in [-0.15, -0.1) is 0 Å². The van der Waals surface area contributed by atoms with Gasteiger partial charge in [0.1, 0.15) is 11.6 Å². The van der Waals surface area contributed by atoms with E-state index in [-0.39, 0.29) is 30.0 Å². The molecule has 0 spiro atoms. The van der Waals surface area contributed by atoms with Crippen molar-refractivity contribution < 1.29 is 9.59 Å². The highest BCUT2D eigenvalue weighted by molar-refractivity contribution is 6.06. The van der Waals surface area contributed by atoms with Gasteiger partial charge in [-0.2, -0.15) is 4.99 Å². The number of aliphatic imine (C=N–C) groups is 1. The molecule has 1 saturated carbocycles. The second-order valence-corrected chi connectivity index (χ2v) is 7.63. The van der Waals surface area contributed by atoms with Gasteiger partial charge < -0.3 is 5.73 Å². The van der Waals surface area contributed by atoms with Crippen molar-refractivity contribution in [2.24, 2.45) is 16.1 Å². The van der Waals surface area contributed by atoms with Crippen LogP contribution in [-0.2, 0) is 9.59 Å². The van der Waals surface area contributed by atoms with E-state index < -0.39 is 5.41 Å². The molecule has 2 N–H and O–H groups in total. The average molecular weight is 307 g/mol. The van der Waals surface area contributed by atoms with Crippen molar-refractivity contribution in [3.63, 3.8) is 0 Å². The Labute approximate surface area is 133 Å². The summed E-state index contributed by atoms with van der Waals surface area (Å²) < 4.78 is 0. The average Bonchev–Trinajstić information content (AvgIpc) is 3.08. The first kappa shape index (κ1) is 17.1. The Morgan fingerprint density at radius 2 is 1.77 bits per heavy atom. The highest BCUT2D eigenvalue weighted by atomic mass is 16.2. The molecule has 0 aromatic heterocycles. The van der Waals surface area contributed by atoms with Gasteiger partial charge in [0, 0.05) is 11.5 Å². The van der Waals surface area contributed by atoms with E-state index in [1.165, 1.54) is 25.7 Å². The van der Waals surface area contributed by atoms with Crippen molar-refractivity contribution in [1.29, 1.82) is 0 Å². The van der Waals surface area contributed by atoms with E-state index >= 15 is 0 Å². The van der Waals surface area contributed by atoms with Crippen LogP contribution in [0.1, 0.15) is 65.7 Å². The molecular formula is C17H29N3O2. The van der Waals surface area contributed by atoms with Crippen LogP contribution in [0.25, 0.3) is 0 Å². The van der Waals surface area contributed by atoms with Crippen LogP contribution >= 0.6 is 0 Å². The molecule has 2 rings (SSSR count). The van der Waals surface area contributed by atoms with Crippen LogP contribution in [0.3, 0.4) is 0 Å². The third-order valence-electron chi connectivity index (χ3n) is 4.80. The van der Waals surface area contributed by atoms with E-state index in [1.54, 1.807) is 0 Å². The van der Waals surface area contributed by atoms with Crippen molar-refractivity contribution in [1.82, 2.24) is 4.90 Å². The Bertz CT molecular complexity index is 459. The fraction of sp³-hybridized carbons (Fsp3) is 0.824. The second kappa shape index (κ2) is 6.90. The van der Waals surface area contributed by atoms with E-state index in [9.17, 15) is 9.59 Å². The monoisotopic (exact) mass is 307 g/mol. The first-order chi connectivity index (χ1) is 10.3. The predicted molar refractivity (Wildman–Crippen MR) is 87.7 cm³/mol. The molecule has 5 nitrogen and oxygen atoms in total. The van der Waals surface area contributed by atoms with Crippen molar-refractivity contribution in [2.75, 3.05) is 6.54 Å². The molecule has 22 heavy (non-hydrogen) atoms. The molecule has 1 saturated heterocycles. The zero-order valence-corrected chi connectivity index (χ0v) is 14.1. The van der Waals surface area contributed by atoms with Crippen molar-refractivity contribution in [2.45, 2.75) is 77.8 Å². The van der Waals surface area contributed by atoms with Gasteiger partial charge in [-0.3, -0.25) is 14.5 Å². The number of amides is 1. The fourth-order valence-corrected chi connectivity index (χ4v) is 3.41. The molecule has 0 radical (unpaired) electrons. The first-order valence-corrected chi connectivity index (χ1v) is 8.45. The lowest BCUT2D eigenvalue weighted by Crippen LogP contribution is -2.42. The summed E-state index contributed by atoms with van der Waals surface area (Å²) in [6.45, 7) is 6.53. The predicted octanol–water partition coefficient (Wildman–Crippen LogP) is 2.28. The van der Waals surface area contributed by atoms with E-state index in [2.05, 4.69) is 9.89 Å². The largest absolute Gasteiger partial charge is 0.387 e. The van der Waals surface area contributed by atoms with E-state index in [1.807, 2.05) is 20.8 Å². The lowest BCUT2D eigenvalue weighted by Gasteiger charge is -2.28. The Hall–Kier alpha value is -1.23. The van der Waals surface area contributed by atoms with Crippen molar-refractivity contribution >= 4 is 17.5 Å². The van der Waals surface area contributed by atoms with Crippen LogP contribution in [0.15, 0.2) is 4.99 Å². The molecule has 0 aromatic carbocycles. The highest BCUT2D eigenvalue weighted by Gasteiger charge is 2.36.